The molecule has 23 heavy (non-hydrogen) atoms. The van der Waals surface area contributed by atoms with Gasteiger partial charge < -0.3 is 9.32 Å². The molecule has 2 aromatic rings. The van der Waals surface area contributed by atoms with Crippen LogP contribution in [0, 0.1) is 5.92 Å². The smallest absolute Gasteiger partial charge is 0.256 e. The molecule has 3 rings (SSSR count). The predicted octanol–water partition coefficient (Wildman–Crippen LogP) is 2.17. The van der Waals surface area contributed by atoms with E-state index in [9.17, 15) is 4.79 Å². The van der Waals surface area contributed by atoms with Crippen LogP contribution in [0.25, 0.3) is 0 Å². The Labute approximate surface area is 136 Å². The first-order chi connectivity index (χ1) is 11.1. The summed E-state index contributed by atoms with van der Waals surface area (Å²) in [6.45, 7) is 1.80. The van der Waals surface area contributed by atoms with Gasteiger partial charge in [-0.15, -0.1) is 0 Å². The van der Waals surface area contributed by atoms with E-state index in [0.717, 1.165) is 25.9 Å². The molecule has 0 bridgehead atoms. The Balaban J connectivity index is 1.76. The Morgan fingerprint density at radius 1 is 1.43 bits per heavy atom. The highest BCUT2D eigenvalue weighted by molar-refractivity contribution is 5.93. The number of furan rings is 1. The summed E-state index contributed by atoms with van der Waals surface area (Å²) in [5.74, 6) is 0.403. The molecule has 1 aliphatic heterocycles. The van der Waals surface area contributed by atoms with Gasteiger partial charge in [-0.2, -0.15) is 5.10 Å². The Morgan fingerprint density at radius 2 is 2.26 bits per heavy atom. The number of hydrogen-bond acceptors (Lipinski definition) is 4. The summed E-state index contributed by atoms with van der Waals surface area (Å²) < 4.78 is 6.96. The van der Waals surface area contributed by atoms with Crippen molar-refractivity contribution in [2.45, 2.75) is 18.9 Å². The number of amides is 1. The normalized spacial score (nSPS) is 22.2. The molecule has 2 aromatic heterocycles. The molecule has 1 amide bonds. The number of aromatic nitrogens is 2. The van der Waals surface area contributed by atoms with Gasteiger partial charge in [0, 0.05) is 26.8 Å². The molecular weight excluding hydrogens is 292 g/mol. The van der Waals surface area contributed by atoms with E-state index in [-0.39, 0.29) is 11.9 Å². The van der Waals surface area contributed by atoms with Crippen LogP contribution in [0.3, 0.4) is 0 Å². The first-order valence-corrected chi connectivity index (χ1v) is 8.03. The van der Waals surface area contributed by atoms with Crippen LogP contribution in [-0.2, 0) is 7.05 Å². The number of rotatable bonds is 4. The molecule has 0 unspecified atom stereocenters. The van der Waals surface area contributed by atoms with E-state index >= 15 is 0 Å². The topological polar surface area (TPSA) is 54.5 Å². The minimum Gasteiger partial charge on any atom is -0.472 e. The molecule has 0 N–H and O–H groups in total. The van der Waals surface area contributed by atoms with E-state index in [4.69, 9.17) is 4.42 Å². The van der Waals surface area contributed by atoms with Crippen molar-refractivity contribution in [3.63, 3.8) is 0 Å². The fourth-order valence-electron chi connectivity index (χ4n) is 3.63. The molecule has 0 saturated carbocycles. The van der Waals surface area contributed by atoms with Crippen LogP contribution >= 0.6 is 0 Å². The van der Waals surface area contributed by atoms with Gasteiger partial charge in [0.1, 0.15) is 6.26 Å². The molecule has 2 atom stereocenters. The summed E-state index contributed by atoms with van der Waals surface area (Å²) in [5, 5.41) is 4.31. The third kappa shape index (κ3) is 3.17. The van der Waals surface area contributed by atoms with Crippen LogP contribution < -0.4 is 0 Å². The minimum absolute atomic E-state index is 0.00994. The lowest BCUT2D eigenvalue weighted by Crippen LogP contribution is -2.43. The van der Waals surface area contributed by atoms with Gasteiger partial charge in [-0.05, 0) is 44.5 Å². The molecule has 0 spiro atoms. The molecule has 1 fully saturated rings. The van der Waals surface area contributed by atoms with E-state index in [0.29, 0.717) is 11.5 Å². The fourth-order valence-corrected chi connectivity index (χ4v) is 3.63. The van der Waals surface area contributed by atoms with Gasteiger partial charge in [-0.3, -0.25) is 14.4 Å². The van der Waals surface area contributed by atoms with Crippen LogP contribution in [0.2, 0.25) is 0 Å². The molecule has 124 valence electrons. The van der Waals surface area contributed by atoms with Crippen molar-refractivity contribution in [2.24, 2.45) is 13.0 Å². The third-order valence-electron chi connectivity index (χ3n) is 4.79. The number of carbonyl (C=O) groups excluding carboxylic acids is 1. The number of likely N-dealkylation sites (tertiary alicyclic amines) is 1. The van der Waals surface area contributed by atoms with Gasteiger partial charge in [0.2, 0.25) is 0 Å². The van der Waals surface area contributed by atoms with E-state index < -0.39 is 0 Å². The number of hydrogen-bond donors (Lipinski definition) is 0. The zero-order chi connectivity index (χ0) is 16.4. The van der Waals surface area contributed by atoms with Gasteiger partial charge in [-0.1, -0.05) is 0 Å². The molecule has 0 aliphatic carbocycles. The van der Waals surface area contributed by atoms with Crippen molar-refractivity contribution < 1.29 is 9.21 Å². The van der Waals surface area contributed by atoms with Crippen molar-refractivity contribution in [2.75, 3.05) is 27.2 Å². The fraction of sp³-hybridized carbons (Fsp3) is 0.529. The Kier molecular flexibility index (Phi) is 4.52. The minimum atomic E-state index is 0.00994. The zero-order valence-corrected chi connectivity index (χ0v) is 14.0. The van der Waals surface area contributed by atoms with Crippen LogP contribution in [0.4, 0.5) is 0 Å². The van der Waals surface area contributed by atoms with Crippen molar-refractivity contribution >= 4 is 5.91 Å². The molecule has 1 saturated heterocycles. The molecular formula is C17H24N4O2. The van der Waals surface area contributed by atoms with Crippen LogP contribution in [0.15, 0.2) is 35.3 Å². The molecule has 6 heteroatoms. The summed E-state index contributed by atoms with van der Waals surface area (Å²) in [6, 6.07) is 4.08. The van der Waals surface area contributed by atoms with Crippen LogP contribution in [-0.4, -0.2) is 52.7 Å². The van der Waals surface area contributed by atoms with Crippen LogP contribution in [0.1, 0.15) is 34.9 Å². The SMILES string of the molecule is CN(C[C@@H]1CCCN(C)[C@H]1c1ccnn1C)C(=O)c1ccoc1. The predicted molar refractivity (Wildman–Crippen MR) is 87.0 cm³/mol. The van der Waals surface area contributed by atoms with Crippen molar-refractivity contribution in [1.29, 1.82) is 0 Å². The van der Waals surface area contributed by atoms with Gasteiger partial charge in [0.25, 0.3) is 5.91 Å². The number of piperidine rings is 1. The van der Waals surface area contributed by atoms with Crippen molar-refractivity contribution in [3.05, 3.63) is 42.1 Å². The van der Waals surface area contributed by atoms with Crippen molar-refractivity contribution in [1.82, 2.24) is 19.6 Å². The Hall–Kier alpha value is -2.08. The summed E-state index contributed by atoms with van der Waals surface area (Å²) in [6.07, 6.45) is 7.15. The molecule has 6 nitrogen and oxygen atoms in total. The molecule has 0 radical (unpaired) electrons. The monoisotopic (exact) mass is 316 g/mol. The quantitative estimate of drug-likeness (QED) is 0.867. The highest BCUT2D eigenvalue weighted by Crippen LogP contribution is 2.35. The molecule has 1 aliphatic rings. The average molecular weight is 316 g/mol. The highest BCUT2D eigenvalue weighted by Gasteiger charge is 2.33. The maximum absolute atomic E-state index is 12.5. The molecule has 3 heterocycles. The lowest BCUT2D eigenvalue weighted by Gasteiger charge is -2.40. The maximum atomic E-state index is 12.5. The lowest BCUT2D eigenvalue weighted by atomic mass is 9.87. The number of aryl methyl sites for hydroxylation is 1. The largest absolute Gasteiger partial charge is 0.472 e. The first kappa shape index (κ1) is 15.8. The van der Waals surface area contributed by atoms with Crippen LogP contribution in [0.5, 0.6) is 0 Å². The van der Waals surface area contributed by atoms with E-state index in [1.165, 1.54) is 18.2 Å². The zero-order valence-electron chi connectivity index (χ0n) is 14.0. The van der Waals surface area contributed by atoms with E-state index in [2.05, 4.69) is 23.1 Å². The van der Waals surface area contributed by atoms with Gasteiger partial charge >= 0.3 is 0 Å². The summed E-state index contributed by atoms with van der Waals surface area (Å²) >= 11 is 0. The molecule has 0 aromatic carbocycles. The third-order valence-corrected chi connectivity index (χ3v) is 4.79. The van der Waals surface area contributed by atoms with Gasteiger partial charge in [0.15, 0.2) is 0 Å². The number of nitrogens with zero attached hydrogens (tertiary/aromatic N) is 4. The number of carbonyl (C=O) groups is 1. The van der Waals surface area contributed by atoms with E-state index in [1.807, 2.05) is 25.0 Å². The standard InChI is InChI=1S/C17H24N4O2/c1-19-9-4-5-13(16(19)15-6-8-18-21(15)3)11-20(2)17(22)14-7-10-23-12-14/h6-8,10,12-13,16H,4-5,9,11H2,1-3H3/t13-,16+/m0/s1. The first-order valence-electron chi connectivity index (χ1n) is 8.03. The second-order valence-electron chi connectivity index (χ2n) is 6.41. The summed E-state index contributed by atoms with van der Waals surface area (Å²) in [5.41, 5.74) is 1.81. The highest BCUT2D eigenvalue weighted by atomic mass is 16.3. The Morgan fingerprint density at radius 3 is 2.91 bits per heavy atom. The van der Waals surface area contributed by atoms with Gasteiger partial charge in [-0.25, -0.2) is 0 Å². The average Bonchev–Trinajstić information content (AvgIpc) is 3.18. The summed E-state index contributed by atoms with van der Waals surface area (Å²) in [7, 11) is 6.00. The van der Waals surface area contributed by atoms with E-state index in [1.54, 1.807) is 11.0 Å². The second kappa shape index (κ2) is 6.58. The van der Waals surface area contributed by atoms with Gasteiger partial charge in [0.05, 0.1) is 23.6 Å². The van der Waals surface area contributed by atoms with Crippen molar-refractivity contribution in [3.8, 4) is 0 Å². The maximum Gasteiger partial charge on any atom is 0.256 e. The lowest BCUT2D eigenvalue weighted by molar-refractivity contribution is 0.0630. The summed E-state index contributed by atoms with van der Waals surface area (Å²) in [4.78, 5) is 16.6. The second-order valence-corrected chi connectivity index (χ2v) is 6.41. The Bertz CT molecular complexity index is 649.